The second kappa shape index (κ2) is 7.80. The van der Waals surface area contributed by atoms with Crippen LogP contribution in [0.3, 0.4) is 0 Å². The van der Waals surface area contributed by atoms with Crippen molar-refractivity contribution in [3.05, 3.63) is 34.9 Å². The first-order valence-corrected chi connectivity index (χ1v) is 15.4. The number of hydrogen-bond donors (Lipinski definition) is 1. The molecule has 39 heavy (non-hydrogen) atoms. The highest BCUT2D eigenvalue weighted by molar-refractivity contribution is 5.90. The summed E-state index contributed by atoms with van der Waals surface area (Å²) in [7, 11) is 1.72. The van der Waals surface area contributed by atoms with Crippen molar-refractivity contribution in [2.75, 3.05) is 33.4 Å². The van der Waals surface area contributed by atoms with Crippen LogP contribution in [-0.4, -0.2) is 84.1 Å². The average Bonchev–Trinajstić information content (AvgIpc) is 3.62. The maximum absolute atomic E-state index is 13.7. The fourth-order valence-electron chi connectivity index (χ4n) is 10.4. The molecule has 4 heterocycles. The highest BCUT2D eigenvalue weighted by Crippen LogP contribution is 2.73. The molecule has 7 nitrogen and oxygen atoms in total. The smallest absolute Gasteiger partial charge is 0.247 e. The molecule has 1 N–H and O–H groups in total. The number of amides is 1. The lowest BCUT2D eigenvalue weighted by Crippen LogP contribution is -2.78. The van der Waals surface area contributed by atoms with Gasteiger partial charge in [0.05, 0.1) is 43.4 Å². The molecule has 208 valence electrons. The normalized spacial score (nSPS) is 44.3. The second-order valence-corrected chi connectivity index (χ2v) is 13.9. The molecule has 4 aliphatic heterocycles. The summed E-state index contributed by atoms with van der Waals surface area (Å²) in [5.74, 6) is 2.59. The van der Waals surface area contributed by atoms with E-state index in [-0.39, 0.29) is 35.6 Å². The third kappa shape index (κ3) is 2.82. The van der Waals surface area contributed by atoms with Gasteiger partial charge in [-0.15, -0.1) is 0 Å². The predicted molar refractivity (Wildman–Crippen MR) is 144 cm³/mol. The number of carbonyl (C=O) groups is 1. The maximum atomic E-state index is 13.7. The number of methoxy groups -OCH3 is 1. The average molecular weight is 533 g/mol. The number of aliphatic hydroxyl groups is 1. The molecule has 1 aromatic carbocycles. The van der Waals surface area contributed by atoms with Gasteiger partial charge in [0.25, 0.3) is 0 Å². The number of fused-ring (bicyclic) bond motifs is 3. The lowest BCUT2D eigenvalue weighted by Gasteiger charge is -2.68. The molecule has 0 radical (unpaired) electrons. The zero-order valence-electron chi connectivity index (χ0n) is 23.0. The van der Waals surface area contributed by atoms with Crippen LogP contribution in [-0.2, 0) is 21.4 Å². The van der Waals surface area contributed by atoms with Gasteiger partial charge in [0.1, 0.15) is 6.10 Å². The Bertz CT molecular complexity index is 1280. The van der Waals surface area contributed by atoms with Crippen LogP contribution in [0.15, 0.2) is 23.8 Å². The first-order chi connectivity index (χ1) is 19.0. The van der Waals surface area contributed by atoms with E-state index < -0.39 is 11.0 Å². The lowest BCUT2D eigenvalue weighted by atomic mass is 9.40. The van der Waals surface area contributed by atoms with Gasteiger partial charge in [-0.1, -0.05) is 11.6 Å². The van der Waals surface area contributed by atoms with Crippen LogP contribution in [0.2, 0.25) is 0 Å². The summed E-state index contributed by atoms with van der Waals surface area (Å²) in [4.78, 5) is 18.5. The number of ether oxygens (including phenoxy) is 3. The Morgan fingerprint density at radius 3 is 2.67 bits per heavy atom. The Kier molecular flexibility index (Phi) is 4.72. The molecular formula is C32H40N2O5. The van der Waals surface area contributed by atoms with Crippen LogP contribution in [0.1, 0.15) is 68.9 Å². The summed E-state index contributed by atoms with van der Waals surface area (Å²) >= 11 is 0. The van der Waals surface area contributed by atoms with Gasteiger partial charge in [-0.25, -0.2) is 0 Å². The molecule has 3 saturated heterocycles. The van der Waals surface area contributed by atoms with E-state index in [4.69, 9.17) is 14.2 Å². The fourth-order valence-corrected chi connectivity index (χ4v) is 10.4. The molecule has 1 amide bonds. The van der Waals surface area contributed by atoms with Crippen LogP contribution in [0.4, 0.5) is 0 Å². The molecule has 8 aliphatic rings. The van der Waals surface area contributed by atoms with Crippen molar-refractivity contribution in [1.82, 2.24) is 9.80 Å². The minimum Gasteiger partial charge on any atom is -0.493 e. The Balaban J connectivity index is 1.14. The molecule has 4 aliphatic carbocycles. The Labute approximate surface area is 230 Å². The quantitative estimate of drug-likeness (QED) is 0.600. The van der Waals surface area contributed by atoms with Gasteiger partial charge in [0, 0.05) is 29.6 Å². The van der Waals surface area contributed by atoms with E-state index in [0.29, 0.717) is 13.2 Å². The molecule has 3 saturated carbocycles. The lowest BCUT2D eigenvalue weighted by molar-refractivity contribution is -0.218. The first kappa shape index (κ1) is 23.6. The molecule has 2 spiro atoms. The summed E-state index contributed by atoms with van der Waals surface area (Å²) < 4.78 is 18.7. The molecule has 7 heteroatoms. The van der Waals surface area contributed by atoms with Gasteiger partial charge in [-0.2, -0.15) is 0 Å². The van der Waals surface area contributed by atoms with Crippen LogP contribution >= 0.6 is 0 Å². The molecule has 4 bridgehead atoms. The summed E-state index contributed by atoms with van der Waals surface area (Å²) in [5, 5.41) is 12.9. The fraction of sp³-hybridized carbons (Fsp3) is 0.719. The Morgan fingerprint density at radius 2 is 1.95 bits per heavy atom. The number of rotatable bonds is 4. The molecule has 6 fully saturated rings. The van der Waals surface area contributed by atoms with E-state index in [1.807, 2.05) is 6.08 Å². The van der Waals surface area contributed by atoms with Crippen LogP contribution < -0.4 is 9.47 Å². The SMILES string of the molecule is COc1ccc2c3c1O[C@H]1[C@@]4(CC/C4=C\C(=O)N4C5CCC4COC5)CC[C@@]4(O)[C@@H](C2)N(CC2CC2)CC[C@]314. The molecule has 7 atom stereocenters. The third-order valence-corrected chi connectivity index (χ3v) is 12.4. The van der Waals surface area contributed by atoms with Crippen molar-refractivity contribution >= 4 is 5.91 Å². The van der Waals surface area contributed by atoms with Crippen molar-refractivity contribution in [1.29, 1.82) is 0 Å². The van der Waals surface area contributed by atoms with Crippen molar-refractivity contribution in [2.45, 2.75) is 99.5 Å². The Morgan fingerprint density at radius 1 is 1.13 bits per heavy atom. The van der Waals surface area contributed by atoms with Gasteiger partial charge in [-0.3, -0.25) is 9.69 Å². The van der Waals surface area contributed by atoms with Crippen LogP contribution in [0.5, 0.6) is 11.5 Å². The zero-order chi connectivity index (χ0) is 26.1. The standard InChI is InChI=1S/C32H40N2O5/c1-37-24-7-4-20-14-25-32(36)11-10-30(9-8-21(30)15-26(35)34-22-5-6-23(34)18-38-17-22)29-31(32,27(20)28(24)39-29)12-13-33(25)16-19-2-3-19/h4,7,15,19,22-23,25,29,36H,2-3,5-6,8-14,16-18H2,1H3/b21-15+/t22?,23?,25-,29+,30+,31+,32-/m1/s1. The van der Waals surface area contributed by atoms with E-state index in [2.05, 4.69) is 21.9 Å². The summed E-state index contributed by atoms with van der Waals surface area (Å²) in [5.41, 5.74) is 2.32. The zero-order valence-corrected chi connectivity index (χ0v) is 23.0. The third-order valence-electron chi connectivity index (χ3n) is 12.4. The topological polar surface area (TPSA) is 71.5 Å². The minimum atomic E-state index is -0.825. The molecule has 0 aromatic heterocycles. The van der Waals surface area contributed by atoms with E-state index in [1.165, 1.54) is 29.5 Å². The van der Waals surface area contributed by atoms with E-state index in [1.54, 1.807) is 7.11 Å². The number of nitrogens with zero attached hydrogens (tertiary/aromatic N) is 2. The van der Waals surface area contributed by atoms with E-state index >= 15 is 0 Å². The number of hydrogen-bond acceptors (Lipinski definition) is 6. The number of morpholine rings is 1. The molecule has 9 rings (SSSR count). The number of piperidine rings is 1. The van der Waals surface area contributed by atoms with Crippen molar-refractivity contribution in [2.24, 2.45) is 11.3 Å². The maximum Gasteiger partial charge on any atom is 0.247 e. The van der Waals surface area contributed by atoms with E-state index in [9.17, 15) is 9.90 Å². The van der Waals surface area contributed by atoms with Gasteiger partial charge in [0.2, 0.25) is 5.91 Å². The highest BCUT2D eigenvalue weighted by atomic mass is 16.5. The molecule has 2 unspecified atom stereocenters. The molecular weight excluding hydrogens is 492 g/mol. The predicted octanol–water partition coefficient (Wildman–Crippen LogP) is 3.36. The summed E-state index contributed by atoms with van der Waals surface area (Å²) in [6.07, 6.45) is 12.0. The van der Waals surface area contributed by atoms with Gasteiger partial charge < -0.3 is 24.2 Å². The minimum absolute atomic E-state index is 0.125. The van der Waals surface area contributed by atoms with Gasteiger partial charge >= 0.3 is 0 Å². The number of carbonyl (C=O) groups excluding carboxylic acids is 1. The van der Waals surface area contributed by atoms with Crippen LogP contribution in [0.25, 0.3) is 0 Å². The highest BCUT2D eigenvalue weighted by Gasteiger charge is 2.77. The number of benzene rings is 1. The first-order valence-electron chi connectivity index (χ1n) is 15.4. The summed E-state index contributed by atoms with van der Waals surface area (Å²) in [6.45, 7) is 3.44. The van der Waals surface area contributed by atoms with Gasteiger partial charge in [-0.05, 0) is 88.3 Å². The van der Waals surface area contributed by atoms with Gasteiger partial charge in [0.15, 0.2) is 11.5 Å². The summed E-state index contributed by atoms with van der Waals surface area (Å²) in [6, 6.07) is 4.85. The van der Waals surface area contributed by atoms with Crippen LogP contribution in [0, 0.1) is 11.3 Å². The van der Waals surface area contributed by atoms with Crippen molar-refractivity contribution in [3.8, 4) is 11.5 Å². The second-order valence-electron chi connectivity index (χ2n) is 13.9. The van der Waals surface area contributed by atoms with E-state index in [0.717, 1.165) is 81.9 Å². The largest absolute Gasteiger partial charge is 0.493 e. The van der Waals surface area contributed by atoms with Crippen molar-refractivity contribution in [3.63, 3.8) is 0 Å². The Hall–Kier alpha value is -2.09. The molecule has 1 aromatic rings. The number of likely N-dealkylation sites (tertiary alicyclic amines) is 1. The van der Waals surface area contributed by atoms with Crippen molar-refractivity contribution < 1.29 is 24.1 Å². The monoisotopic (exact) mass is 532 g/mol.